The molecule has 0 aromatic heterocycles. The number of hydrogen-bond acceptors (Lipinski definition) is 3. The van der Waals surface area contributed by atoms with Gasteiger partial charge in [0.05, 0.1) is 6.10 Å². The summed E-state index contributed by atoms with van der Waals surface area (Å²) in [5.41, 5.74) is 7.53. The van der Waals surface area contributed by atoms with Gasteiger partial charge >= 0.3 is 0 Å². The summed E-state index contributed by atoms with van der Waals surface area (Å²) in [6.07, 6.45) is 1.50. The fourth-order valence-electron chi connectivity index (χ4n) is 2.64. The van der Waals surface area contributed by atoms with Crippen LogP contribution in [-0.4, -0.2) is 37.0 Å². The number of nitrogen functional groups attached to an aromatic ring is 1. The van der Waals surface area contributed by atoms with E-state index >= 15 is 0 Å². The van der Waals surface area contributed by atoms with Gasteiger partial charge in [-0.3, -0.25) is 10.3 Å². The van der Waals surface area contributed by atoms with Crippen LogP contribution in [0.5, 0.6) is 0 Å². The van der Waals surface area contributed by atoms with Crippen molar-refractivity contribution in [1.82, 2.24) is 4.90 Å². The highest BCUT2D eigenvalue weighted by Crippen LogP contribution is 2.21. The van der Waals surface area contributed by atoms with Crippen molar-refractivity contribution in [3.05, 3.63) is 35.4 Å². The van der Waals surface area contributed by atoms with Crippen LogP contribution in [0.3, 0.4) is 0 Å². The number of amidine groups is 1. The summed E-state index contributed by atoms with van der Waals surface area (Å²) >= 11 is 0. The summed E-state index contributed by atoms with van der Waals surface area (Å²) in [4.78, 5) is 2.41. The van der Waals surface area contributed by atoms with Crippen LogP contribution in [0, 0.1) is 11.3 Å². The fourth-order valence-corrected chi connectivity index (χ4v) is 2.64. The van der Waals surface area contributed by atoms with Crippen molar-refractivity contribution in [2.45, 2.75) is 26.0 Å². The number of rotatable bonds is 4. The Bertz CT molecular complexity index is 447. The van der Waals surface area contributed by atoms with Crippen LogP contribution in [0.2, 0.25) is 0 Å². The molecule has 0 saturated carbocycles. The summed E-state index contributed by atoms with van der Waals surface area (Å²) in [5.74, 6) is 0.758. The van der Waals surface area contributed by atoms with Crippen LogP contribution in [-0.2, 0) is 11.3 Å². The van der Waals surface area contributed by atoms with Gasteiger partial charge in [0.1, 0.15) is 5.84 Å². The van der Waals surface area contributed by atoms with E-state index in [1.54, 1.807) is 7.11 Å². The van der Waals surface area contributed by atoms with E-state index in [0.717, 1.165) is 25.2 Å². The number of nitrogens with zero attached hydrogens (tertiary/aromatic N) is 1. The van der Waals surface area contributed by atoms with Crippen molar-refractivity contribution < 1.29 is 4.74 Å². The van der Waals surface area contributed by atoms with Gasteiger partial charge in [0.15, 0.2) is 0 Å². The molecule has 3 N–H and O–H groups in total. The second kappa shape index (κ2) is 6.17. The summed E-state index contributed by atoms with van der Waals surface area (Å²) in [6.45, 7) is 5.23. The minimum absolute atomic E-state index is 0.129. The number of piperidine rings is 1. The first kappa shape index (κ1) is 14.0. The topological polar surface area (TPSA) is 62.3 Å². The Morgan fingerprint density at radius 2 is 2.32 bits per heavy atom. The maximum absolute atomic E-state index is 7.48. The van der Waals surface area contributed by atoms with Crippen molar-refractivity contribution in [2.75, 3.05) is 20.2 Å². The molecule has 1 aromatic carbocycles. The Morgan fingerprint density at radius 3 is 3.00 bits per heavy atom. The maximum atomic E-state index is 7.48. The molecule has 1 aliphatic heterocycles. The summed E-state index contributed by atoms with van der Waals surface area (Å²) in [5, 5.41) is 7.48. The first-order chi connectivity index (χ1) is 9.10. The number of likely N-dealkylation sites (tertiary alicyclic amines) is 1. The molecular formula is C15H23N3O. The Morgan fingerprint density at radius 1 is 1.53 bits per heavy atom. The normalized spacial score (nSPS) is 24.3. The van der Waals surface area contributed by atoms with Crippen molar-refractivity contribution in [3.63, 3.8) is 0 Å². The van der Waals surface area contributed by atoms with Gasteiger partial charge in [-0.15, -0.1) is 0 Å². The molecule has 0 amide bonds. The fraction of sp³-hybridized carbons (Fsp3) is 0.533. The quantitative estimate of drug-likeness (QED) is 0.642. The van der Waals surface area contributed by atoms with Crippen LogP contribution in [0.25, 0.3) is 0 Å². The monoisotopic (exact) mass is 261 g/mol. The van der Waals surface area contributed by atoms with E-state index in [1.165, 1.54) is 12.0 Å². The van der Waals surface area contributed by atoms with Crippen LogP contribution < -0.4 is 5.73 Å². The van der Waals surface area contributed by atoms with Gasteiger partial charge in [-0.2, -0.15) is 0 Å². The zero-order valence-electron chi connectivity index (χ0n) is 11.7. The van der Waals surface area contributed by atoms with E-state index in [0.29, 0.717) is 12.0 Å². The molecule has 2 atom stereocenters. The third-order valence-corrected chi connectivity index (χ3v) is 3.92. The predicted molar refractivity (Wildman–Crippen MR) is 77.3 cm³/mol. The Hall–Kier alpha value is -1.39. The summed E-state index contributed by atoms with van der Waals surface area (Å²) in [6, 6.07) is 7.93. The number of hydrogen-bond donors (Lipinski definition) is 2. The van der Waals surface area contributed by atoms with E-state index in [-0.39, 0.29) is 5.84 Å². The van der Waals surface area contributed by atoms with E-state index in [9.17, 15) is 0 Å². The predicted octanol–water partition coefficient (Wildman–Crippen LogP) is 1.83. The average Bonchev–Trinajstić information content (AvgIpc) is 2.41. The molecule has 1 aliphatic rings. The lowest BCUT2D eigenvalue weighted by molar-refractivity contribution is -0.00744. The molecule has 1 saturated heterocycles. The Kier molecular flexibility index (Phi) is 4.56. The zero-order valence-corrected chi connectivity index (χ0v) is 11.7. The molecule has 0 aliphatic carbocycles. The highest BCUT2D eigenvalue weighted by Gasteiger charge is 2.25. The maximum Gasteiger partial charge on any atom is 0.122 e. The lowest BCUT2D eigenvalue weighted by Crippen LogP contribution is -2.43. The van der Waals surface area contributed by atoms with Gasteiger partial charge < -0.3 is 10.5 Å². The van der Waals surface area contributed by atoms with Gasteiger partial charge in [-0.1, -0.05) is 25.1 Å². The van der Waals surface area contributed by atoms with E-state index < -0.39 is 0 Å². The molecule has 2 rings (SSSR count). The molecule has 1 heterocycles. The first-order valence-electron chi connectivity index (χ1n) is 6.78. The number of nitrogens with two attached hydrogens (primary N) is 1. The van der Waals surface area contributed by atoms with E-state index in [1.807, 2.05) is 18.2 Å². The minimum atomic E-state index is 0.129. The molecule has 104 valence electrons. The van der Waals surface area contributed by atoms with Gasteiger partial charge in [0.2, 0.25) is 0 Å². The first-order valence-corrected chi connectivity index (χ1v) is 6.78. The van der Waals surface area contributed by atoms with Crippen LogP contribution >= 0.6 is 0 Å². The molecule has 4 heteroatoms. The summed E-state index contributed by atoms with van der Waals surface area (Å²) in [7, 11) is 1.79. The molecule has 2 unspecified atom stereocenters. The SMILES string of the molecule is COC1CN(Cc2cccc(C(=N)N)c2)CCC1C. The molecule has 19 heavy (non-hydrogen) atoms. The number of benzene rings is 1. The van der Waals surface area contributed by atoms with Crippen LogP contribution in [0.15, 0.2) is 24.3 Å². The number of nitrogens with one attached hydrogen (secondary N) is 1. The van der Waals surface area contributed by atoms with Crippen LogP contribution in [0.1, 0.15) is 24.5 Å². The smallest absolute Gasteiger partial charge is 0.122 e. The standard InChI is InChI=1S/C15H23N3O/c1-11-6-7-18(10-14(11)19-2)9-12-4-3-5-13(8-12)15(16)17/h3-5,8,11,14H,6-7,9-10H2,1-2H3,(H3,16,17). The van der Waals surface area contributed by atoms with E-state index in [2.05, 4.69) is 17.9 Å². The highest BCUT2D eigenvalue weighted by molar-refractivity contribution is 5.95. The molecule has 1 aromatic rings. The third kappa shape index (κ3) is 3.55. The van der Waals surface area contributed by atoms with Crippen molar-refractivity contribution in [1.29, 1.82) is 5.41 Å². The number of methoxy groups -OCH3 is 1. The van der Waals surface area contributed by atoms with Gasteiger partial charge in [-0.05, 0) is 30.5 Å². The Balaban J connectivity index is 2.01. The second-order valence-electron chi connectivity index (χ2n) is 5.39. The molecule has 1 fully saturated rings. The summed E-state index contributed by atoms with van der Waals surface area (Å²) < 4.78 is 5.54. The lowest BCUT2D eigenvalue weighted by atomic mass is 9.95. The Labute approximate surface area is 115 Å². The largest absolute Gasteiger partial charge is 0.384 e. The van der Waals surface area contributed by atoms with E-state index in [4.69, 9.17) is 15.9 Å². The van der Waals surface area contributed by atoms with Crippen LogP contribution in [0.4, 0.5) is 0 Å². The highest BCUT2D eigenvalue weighted by atomic mass is 16.5. The van der Waals surface area contributed by atoms with Gasteiger partial charge in [0, 0.05) is 25.8 Å². The number of ether oxygens (including phenoxy) is 1. The molecular weight excluding hydrogens is 238 g/mol. The molecule has 0 spiro atoms. The third-order valence-electron chi connectivity index (χ3n) is 3.92. The zero-order chi connectivity index (χ0) is 13.8. The van der Waals surface area contributed by atoms with Crippen molar-refractivity contribution >= 4 is 5.84 Å². The van der Waals surface area contributed by atoms with Gasteiger partial charge in [-0.25, -0.2) is 0 Å². The minimum Gasteiger partial charge on any atom is -0.384 e. The van der Waals surface area contributed by atoms with Crippen molar-refractivity contribution in [3.8, 4) is 0 Å². The average molecular weight is 261 g/mol. The lowest BCUT2D eigenvalue weighted by Gasteiger charge is -2.36. The molecule has 0 radical (unpaired) electrons. The van der Waals surface area contributed by atoms with Gasteiger partial charge in [0.25, 0.3) is 0 Å². The van der Waals surface area contributed by atoms with Crippen molar-refractivity contribution in [2.24, 2.45) is 11.7 Å². The second-order valence-corrected chi connectivity index (χ2v) is 5.39. The molecule has 0 bridgehead atoms. The molecule has 4 nitrogen and oxygen atoms in total.